The van der Waals surface area contributed by atoms with Crippen molar-refractivity contribution in [2.75, 3.05) is 14.2 Å². The third kappa shape index (κ3) is 4.48. The Bertz CT molecular complexity index is 541. The largest absolute Gasteiger partial charge is 0.538 e. The molecule has 0 aromatic carbocycles. The lowest BCUT2D eigenvalue weighted by Gasteiger charge is -2.07. The molecule has 1 aliphatic rings. The third-order valence-corrected chi connectivity index (χ3v) is 2.87. The van der Waals surface area contributed by atoms with Crippen molar-refractivity contribution in [3.8, 4) is 18.4 Å². The van der Waals surface area contributed by atoms with Crippen molar-refractivity contribution in [2.24, 2.45) is 5.92 Å². The molecular formula is C16H19FNO2+. The minimum absolute atomic E-state index is 0.0249. The van der Waals surface area contributed by atoms with Crippen LogP contribution in [0.15, 0.2) is 35.2 Å². The fourth-order valence-corrected chi connectivity index (χ4v) is 1.79. The van der Waals surface area contributed by atoms with E-state index in [9.17, 15) is 4.39 Å². The highest BCUT2D eigenvalue weighted by atomic mass is 19.1. The Morgan fingerprint density at radius 2 is 2.25 bits per heavy atom. The molecule has 1 rings (SSSR count). The van der Waals surface area contributed by atoms with Crippen molar-refractivity contribution in [1.29, 1.82) is 0 Å². The van der Waals surface area contributed by atoms with Crippen LogP contribution in [0.3, 0.4) is 0 Å². The van der Waals surface area contributed by atoms with Gasteiger partial charge in [0.1, 0.15) is 5.83 Å². The average Bonchev–Trinajstić information content (AvgIpc) is 2.46. The zero-order valence-corrected chi connectivity index (χ0v) is 12.1. The van der Waals surface area contributed by atoms with Crippen LogP contribution in [0, 0.1) is 24.3 Å². The van der Waals surface area contributed by atoms with Gasteiger partial charge in [0.2, 0.25) is 5.76 Å². The van der Waals surface area contributed by atoms with E-state index < -0.39 is 0 Å². The Labute approximate surface area is 119 Å². The van der Waals surface area contributed by atoms with Crippen LogP contribution >= 0.6 is 0 Å². The first-order valence-electron chi connectivity index (χ1n) is 6.41. The van der Waals surface area contributed by atoms with Crippen molar-refractivity contribution >= 4 is 0 Å². The van der Waals surface area contributed by atoms with Crippen LogP contribution in [0.25, 0.3) is 4.85 Å². The molecule has 0 bridgehead atoms. The van der Waals surface area contributed by atoms with Gasteiger partial charge in [-0.3, -0.25) is 0 Å². The van der Waals surface area contributed by atoms with Gasteiger partial charge in [-0.1, -0.05) is 24.8 Å². The number of halogens is 1. The van der Waals surface area contributed by atoms with Gasteiger partial charge in [-0.25, -0.2) is 4.39 Å². The summed E-state index contributed by atoms with van der Waals surface area (Å²) >= 11 is 0. The lowest BCUT2D eigenvalue weighted by atomic mass is 10.0. The van der Waals surface area contributed by atoms with Crippen molar-refractivity contribution in [3.05, 3.63) is 40.0 Å². The zero-order valence-electron chi connectivity index (χ0n) is 12.1. The molecule has 0 aromatic rings. The molecule has 0 N–H and O–H groups in total. The van der Waals surface area contributed by atoms with Crippen LogP contribution in [0.2, 0.25) is 0 Å². The van der Waals surface area contributed by atoms with Crippen LogP contribution in [-0.4, -0.2) is 14.2 Å². The molecular weight excluding hydrogens is 257 g/mol. The molecule has 0 radical (unpaired) electrons. The molecule has 0 spiro atoms. The predicted molar refractivity (Wildman–Crippen MR) is 77.4 cm³/mol. The summed E-state index contributed by atoms with van der Waals surface area (Å²) in [7, 11) is 2.99. The van der Waals surface area contributed by atoms with Crippen molar-refractivity contribution < 1.29 is 13.9 Å². The smallest absolute Gasteiger partial charge is 0.491 e. The quantitative estimate of drug-likeness (QED) is 0.572. The molecule has 0 heterocycles. The van der Waals surface area contributed by atoms with Crippen molar-refractivity contribution in [3.63, 3.8) is 0 Å². The maximum atomic E-state index is 13.5. The second-order valence-electron chi connectivity index (χ2n) is 4.41. The zero-order chi connectivity index (χ0) is 15.0. The molecule has 0 fully saturated rings. The molecule has 4 heteroatoms. The molecule has 106 valence electrons. The number of nitrogens with zero attached hydrogens (tertiary/aromatic N) is 1. The van der Waals surface area contributed by atoms with Crippen LogP contribution in [0.4, 0.5) is 4.39 Å². The predicted octanol–water partition coefficient (Wildman–Crippen LogP) is 4.01. The van der Waals surface area contributed by atoms with Gasteiger partial charge < -0.3 is 9.47 Å². The molecule has 20 heavy (non-hydrogen) atoms. The first-order valence-corrected chi connectivity index (χ1v) is 6.41. The van der Waals surface area contributed by atoms with E-state index in [0.29, 0.717) is 24.2 Å². The summed E-state index contributed by atoms with van der Waals surface area (Å²) in [6.45, 7) is 7.13. The van der Waals surface area contributed by atoms with E-state index in [0.717, 1.165) is 6.42 Å². The van der Waals surface area contributed by atoms with E-state index in [1.54, 1.807) is 0 Å². The lowest BCUT2D eigenvalue weighted by molar-refractivity contribution is 0.216. The van der Waals surface area contributed by atoms with Gasteiger partial charge in [-0.05, 0) is 18.9 Å². The van der Waals surface area contributed by atoms with Gasteiger partial charge >= 0.3 is 5.88 Å². The SMILES string of the molecule is C#[N+]C(OC)=C(CC(C)C#CC1=C(F)C=CCC1)OC. The van der Waals surface area contributed by atoms with E-state index >= 15 is 0 Å². The second kappa shape index (κ2) is 8.07. The van der Waals surface area contributed by atoms with Crippen molar-refractivity contribution in [2.45, 2.75) is 26.2 Å². The summed E-state index contributed by atoms with van der Waals surface area (Å²) < 4.78 is 23.7. The maximum absolute atomic E-state index is 13.5. The topological polar surface area (TPSA) is 22.8 Å². The molecule has 1 aliphatic carbocycles. The highest BCUT2D eigenvalue weighted by Gasteiger charge is 2.19. The summed E-state index contributed by atoms with van der Waals surface area (Å²) in [5.41, 5.74) is 0.553. The Kier molecular flexibility index (Phi) is 6.40. The first kappa shape index (κ1) is 15.9. The van der Waals surface area contributed by atoms with Gasteiger partial charge in [-0.15, -0.1) is 0 Å². The highest BCUT2D eigenvalue weighted by Crippen LogP contribution is 2.20. The van der Waals surface area contributed by atoms with Crippen LogP contribution in [-0.2, 0) is 9.47 Å². The van der Waals surface area contributed by atoms with Gasteiger partial charge in [0.05, 0.1) is 14.2 Å². The summed E-state index contributed by atoms with van der Waals surface area (Å²) in [5, 5.41) is 0. The van der Waals surface area contributed by atoms with E-state index in [1.807, 2.05) is 13.0 Å². The van der Waals surface area contributed by atoms with Crippen molar-refractivity contribution in [1.82, 2.24) is 0 Å². The van der Waals surface area contributed by atoms with E-state index in [1.165, 1.54) is 20.3 Å². The lowest BCUT2D eigenvalue weighted by Crippen LogP contribution is -2.00. The number of rotatable bonds is 4. The molecule has 0 amide bonds. The maximum Gasteiger partial charge on any atom is 0.538 e. The normalized spacial score (nSPS) is 16.6. The third-order valence-electron chi connectivity index (χ3n) is 2.87. The van der Waals surface area contributed by atoms with E-state index in [4.69, 9.17) is 16.0 Å². The number of hydrogen-bond acceptors (Lipinski definition) is 2. The van der Waals surface area contributed by atoms with E-state index in [2.05, 4.69) is 16.7 Å². The fourth-order valence-electron chi connectivity index (χ4n) is 1.79. The molecule has 0 aromatic heterocycles. The summed E-state index contributed by atoms with van der Waals surface area (Å²) in [6.07, 6.45) is 5.25. The standard InChI is InChI=1S/C16H19FNO2/c1-12(11-15(19-3)16(18-2)20-4)9-10-13-7-5-6-8-14(13)17/h2,6,8,12H,5,7,11H2,1,3-4H3/q+1. The van der Waals surface area contributed by atoms with Crippen LogP contribution < -0.4 is 0 Å². The Balaban J connectivity index is 2.79. The van der Waals surface area contributed by atoms with Crippen LogP contribution in [0.5, 0.6) is 0 Å². The van der Waals surface area contributed by atoms with Crippen LogP contribution in [0.1, 0.15) is 26.2 Å². The number of allylic oxidation sites excluding steroid dienone is 5. The molecule has 1 unspecified atom stereocenters. The summed E-state index contributed by atoms with van der Waals surface area (Å²) in [5.74, 6) is 6.41. The fraction of sp³-hybridized carbons (Fsp3) is 0.438. The number of ether oxygens (including phenoxy) is 2. The minimum Gasteiger partial charge on any atom is -0.491 e. The molecule has 0 aliphatic heterocycles. The van der Waals surface area contributed by atoms with Gasteiger partial charge in [0, 0.05) is 22.8 Å². The monoisotopic (exact) mass is 276 g/mol. The average molecular weight is 276 g/mol. The Morgan fingerprint density at radius 3 is 2.80 bits per heavy atom. The highest BCUT2D eigenvalue weighted by molar-refractivity contribution is 5.38. The Hall–Kier alpha value is -2.20. The summed E-state index contributed by atoms with van der Waals surface area (Å²) in [6, 6.07) is 0. The minimum atomic E-state index is -0.243. The number of methoxy groups -OCH3 is 2. The first-order chi connectivity index (χ1) is 9.62. The molecule has 0 saturated carbocycles. The molecule has 1 atom stereocenters. The molecule has 0 saturated heterocycles. The van der Waals surface area contributed by atoms with E-state index in [-0.39, 0.29) is 17.6 Å². The van der Waals surface area contributed by atoms with Gasteiger partial charge in [-0.2, -0.15) is 0 Å². The number of hydrogen-bond donors (Lipinski definition) is 0. The summed E-state index contributed by atoms with van der Waals surface area (Å²) in [4.78, 5) is 3.50. The second-order valence-corrected chi connectivity index (χ2v) is 4.41. The van der Waals surface area contributed by atoms with Gasteiger partial charge in [0.15, 0.2) is 0 Å². The molecule has 3 nitrogen and oxygen atoms in total. The Morgan fingerprint density at radius 1 is 1.50 bits per heavy atom. The van der Waals surface area contributed by atoms with Gasteiger partial charge in [0.25, 0.3) is 6.57 Å².